The molecule has 0 unspecified atom stereocenters. The molecule has 0 bridgehead atoms. The third-order valence-corrected chi connectivity index (χ3v) is 5.60. The van der Waals surface area contributed by atoms with Gasteiger partial charge in [-0.2, -0.15) is 5.26 Å². The molecular weight excluding hydrogens is 378 g/mol. The first-order valence-electron chi connectivity index (χ1n) is 9.33. The molecule has 7 nitrogen and oxygen atoms in total. The molecule has 0 spiro atoms. The van der Waals surface area contributed by atoms with Crippen LogP contribution in [0.1, 0.15) is 16.7 Å². The minimum absolute atomic E-state index is 0.333. The molecule has 0 atom stereocenters. The summed E-state index contributed by atoms with van der Waals surface area (Å²) in [4.78, 5) is 25.7. The largest absolute Gasteiger partial charge is 0.399 e. The van der Waals surface area contributed by atoms with E-state index in [9.17, 15) is 14.9 Å². The van der Waals surface area contributed by atoms with Gasteiger partial charge in [0.1, 0.15) is 0 Å². The Balaban J connectivity index is 1.85. The lowest BCUT2D eigenvalue weighted by molar-refractivity contribution is -0.122. The van der Waals surface area contributed by atoms with Crippen molar-refractivity contribution >= 4 is 50.5 Å². The maximum absolute atomic E-state index is 12.9. The molecule has 3 heterocycles. The highest BCUT2D eigenvalue weighted by Crippen LogP contribution is 2.39. The molecule has 2 aromatic heterocycles. The number of nitrogens with one attached hydrogen (secondary N) is 1. The van der Waals surface area contributed by atoms with Crippen LogP contribution in [0.25, 0.3) is 33.0 Å². The maximum atomic E-state index is 12.9. The Morgan fingerprint density at radius 2 is 1.40 bits per heavy atom. The van der Waals surface area contributed by atoms with Gasteiger partial charge in [0, 0.05) is 59.6 Å². The first-order valence-corrected chi connectivity index (χ1v) is 9.33. The van der Waals surface area contributed by atoms with Gasteiger partial charge >= 0.3 is 0 Å². The molecule has 30 heavy (non-hydrogen) atoms. The van der Waals surface area contributed by atoms with Crippen LogP contribution >= 0.6 is 0 Å². The number of hydrogen-bond acceptors (Lipinski definition) is 4. The number of carbonyl (C=O) groups excluding carboxylic acids is 2. The predicted molar refractivity (Wildman–Crippen MR) is 115 cm³/mol. The average molecular weight is 395 g/mol. The van der Waals surface area contributed by atoms with Crippen LogP contribution in [0, 0.1) is 11.3 Å². The van der Waals surface area contributed by atoms with Crippen molar-refractivity contribution in [2.24, 2.45) is 14.1 Å². The monoisotopic (exact) mass is 395 g/mol. The normalized spacial score (nSPS) is 14.0. The van der Waals surface area contributed by atoms with Gasteiger partial charge in [-0.1, -0.05) is 12.1 Å². The molecule has 0 aliphatic carbocycles. The first kappa shape index (κ1) is 17.8. The van der Waals surface area contributed by atoms with Crippen molar-refractivity contribution < 1.29 is 9.59 Å². The number of nitrogens with two attached hydrogens (primary N) is 1. The number of anilines is 1. The summed E-state index contributed by atoms with van der Waals surface area (Å²) in [6, 6.07) is 12.9. The number of carbonyl (C=O) groups is 2. The van der Waals surface area contributed by atoms with Crippen LogP contribution in [-0.4, -0.2) is 20.9 Å². The van der Waals surface area contributed by atoms with E-state index in [1.807, 2.05) is 53.8 Å². The van der Waals surface area contributed by atoms with E-state index < -0.39 is 11.8 Å². The van der Waals surface area contributed by atoms with Gasteiger partial charge < -0.3 is 14.9 Å². The number of amides is 2. The Morgan fingerprint density at radius 1 is 0.867 bits per heavy atom. The highest BCUT2D eigenvalue weighted by Gasteiger charge is 2.35. The van der Waals surface area contributed by atoms with E-state index in [1.165, 1.54) is 0 Å². The average Bonchev–Trinajstić information content (AvgIpc) is 3.32. The van der Waals surface area contributed by atoms with Crippen LogP contribution in [-0.2, 0) is 23.7 Å². The predicted octanol–water partition coefficient (Wildman–Crippen LogP) is 2.69. The quantitative estimate of drug-likeness (QED) is 0.402. The molecule has 0 saturated heterocycles. The number of aromatic nitrogens is 2. The lowest BCUT2D eigenvalue weighted by Gasteiger charge is -2.03. The molecule has 0 radical (unpaired) electrons. The second kappa shape index (κ2) is 6.09. The fraction of sp³-hybridized carbons (Fsp3) is 0.0870. The number of nitrogen functional groups attached to an aromatic ring is 1. The zero-order valence-electron chi connectivity index (χ0n) is 16.4. The minimum atomic E-state index is -0.431. The van der Waals surface area contributed by atoms with Crippen molar-refractivity contribution in [3.05, 3.63) is 65.5 Å². The zero-order valence-corrected chi connectivity index (χ0v) is 16.4. The molecule has 1 aliphatic rings. The third-order valence-electron chi connectivity index (χ3n) is 5.60. The van der Waals surface area contributed by atoms with Crippen molar-refractivity contribution in [3.8, 4) is 6.07 Å². The number of aryl methyl sites for hydroxylation is 2. The van der Waals surface area contributed by atoms with E-state index in [2.05, 4.69) is 11.4 Å². The van der Waals surface area contributed by atoms with E-state index >= 15 is 0 Å². The molecular formula is C23H17N5O2. The van der Waals surface area contributed by atoms with Crippen molar-refractivity contribution in [3.63, 3.8) is 0 Å². The van der Waals surface area contributed by atoms with Gasteiger partial charge in [-0.05, 0) is 24.3 Å². The van der Waals surface area contributed by atoms with Crippen LogP contribution < -0.4 is 11.1 Å². The van der Waals surface area contributed by atoms with Gasteiger partial charge in [0.05, 0.1) is 28.3 Å². The Labute approximate surface area is 171 Å². The Bertz CT molecular complexity index is 1490. The van der Waals surface area contributed by atoms with Crippen molar-refractivity contribution in [1.29, 1.82) is 5.26 Å². The fourth-order valence-corrected chi connectivity index (χ4v) is 4.22. The van der Waals surface area contributed by atoms with Crippen LogP contribution in [0.4, 0.5) is 5.69 Å². The van der Waals surface area contributed by atoms with E-state index in [4.69, 9.17) is 5.73 Å². The standard InChI is InChI=1S/C23H17N5O2/c1-27-10-16(14-5-3-12(9-24)7-18(14)27)20-21(23(30)26-22(20)29)17-11-28(2)19-8-13(25)4-6-15(17)19/h3-8,10-11H,25H2,1-2H3,(H,26,29,30). The van der Waals surface area contributed by atoms with Gasteiger partial charge in [0.2, 0.25) is 0 Å². The van der Waals surface area contributed by atoms with Crippen LogP contribution in [0.2, 0.25) is 0 Å². The lowest BCUT2D eigenvalue weighted by Crippen LogP contribution is -2.22. The molecule has 1 aliphatic heterocycles. The molecule has 3 N–H and O–H groups in total. The fourth-order valence-electron chi connectivity index (χ4n) is 4.22. The number of imide groups is 1. The third kappa shape index (κ3) is 2.37. The molecule has 7 heteroatoms. The molecule has 4 aromatic rings. The molecule has 2 aromatic carbocycles. The summed E-state index contributed by atoms with van der Waals surface area (Å²) >= 11 is 0. The summed E-state index contributed by atoms with van der Waals surface area (Å²) in [7, 11) is 3.73. The number of rotatable bonds is 2. The van der Waals surface area contributed by atoms with E-state index in [0.717, 1.165) is 21.8 Å². The van der Waals surface area contributed by atoms with Crippen LogP contribution in [0.3, 0.4) is 0 Å². The maximum Gasteiger partial charge on any atom is 0.259 e. The second-order valence-electron chi connectivity index (χ2n) is 7.46. The van der Waals surface area contributed by atoms with Crippen molar-refractivity contribution in [2.75, 3.05) is 5.73 Å². The van der Waals surface area contributed by atoms with Gasteiger partial charge in [-0.25, -0.2) is 0 Å². The number of nitrogens with zero attached hydrogens (tertiary/aromatic N) is 3. The van der Waals surface area contributed by atoms with Crippen LogP contribution in [0.15, 0.2) is 48.8 Å². The SMILES string of the molecule is Cn1cc(C2=C(c3cn(C)c4cc(C#N)ccc34)C(=O)NC2=O)c2ccc(N)cc21. The van der Waals surface area contributed by atoms with Crippen molar-refractivity contribution in [1.82, 2.24) is 14.5 Å². The van der Waals surface area contributed by atoms with E-state index in [1.54, 1.807) is 18.2 Å². The number of benzene rings is 2. The zero-order chi connectivity index (χ0) is 21.2. The summed E-state index contributed by atoms with van der Waals surface area (Å²) in [6.45, 7) is 0. The highest BCUT2D eigenvalue weighted by molar-refractivity contribution is 6.50. The van der Waals surface area contributed by atoms with E-state index in [-0.39, 0.29) is 0 Å². The molecule has 5 rings (SSSR count). The summed E-state index contributed by atoms with van der Waals surface area (Å²) in [5, 5.41) is 13.3. The number of fused-ring (bicyclic) bond motifs is 2. The summed E-state index contributed by atoms with van der Waals surface area (Å²) < 4.78 is 3.75. The number of hydrogen-bond donors (Lipinski definition) is 2. The molecule has 0 saturated carbocycles. The highest BCUT2D eigenvalue weighted by atomic mass is 16.2. The lowest BCUT2D eigenvalue weighted by atomic mass is 9.95. The molecule has 2 amide bonds. The smallest absolute Gasteiger partial charge is 0.259 e. The Morgan fingerprint density at radius 3 is 1.97 bits per heavy atom. The summed E-state index contributed by atoms with van der Waals surface area (Å²) in [5.41, 5.74) is 10.8. The number of nitriles is 1. The molecule has 0 fully saturated rings. The van der Waals surface area contributed by atoms with Gasteiger partial charge in [-0.15, -0.1) is 0 Å². The van der Waals surface area contributed by atoms with Gasteiger partial charge in [-0.3, -0.25) is 14.9 Å². The summed E-state index contributed by atoms with van der Waals surface area (Å²) in [6.07, 6.45) is 3.67. The Kier molecular flexibility index (Phi) is 3.61. The second-order valence-corrected chi connectivity index (χ2v) is 7.46. The van der Waals surface area contributed by atoms with Gasteiger partial charge in [0.25, 0.3) is 11.8 Å². The minimum Gasteiger partial charge on any atom is -0.399 e. The van der Waals surface area contributed by atoms with Crippen molar-refractivity contribution in [2.45, 2.75) is 0 Å². The Hall–Kier alpha value is -4.31. The topological polar surface area (TPSA) is 106 Å². The van der Waals surface area contributed by atoms with Gasteiger partial charge in [0.15, 0.2) is 0 Å². The summed E-state index contributed by atoms with van der Waals surface area (Å²) in [5.74, 6) is -0.857. The van der Waals surface area contributed by atoms with E-state index in [0.29, 0.717) is 33.5 Å². The van der Waals surface area contributed by atoms with Crippen LogP contribution in [0.5, 0.6) is 0 Å². The first-order chi connectivity index (χ1) is 14.4. The molecule has 146 valence electrons.